The Morgan fingerprint density at radius 2 is 1.81 bits per heavy atom. The number of hydrogen-bond donors (Lipinski definition) is 0. The number of hydrogen-bond acceptors (Lipinski definition) is 5. The van der Waals surface area contributed by atoms with E-state index in [4.69, 9.17) is 16.1 Å². The number of nitrogens with zero attached hydrogens (tertiary/aromatic N) is 4. The Morgan fingerprint density at radius 1 is 1.04 bits per heavy atom. The fourth-order valence-corrected chi connectivity index (χ4v) is 3.34. The topological polar surface area (TPSA) is 62.5 Å². The number of carbonyl (C=O) groups is 1. The molecule has 1 fully saturated rings. The van der Waals surface area contributed by atoms with E-state index in [1.165, 1.54) is 0 Å². The van der Waals surface area contributed by atoms with Crippen LogP contribution in [0.2, 0.25) is 5.02 Å². The first-order chi connectivity index (χ1) is 13.2. The lowest BCUT2D eigenvalue weighted by Crippen LogP contribution is -2.49. The minimum atomic E-state index is 0.106. The third-order valence-corrected chi connectivity index (χ3v) is 4.83. The molecule has 1 aliphatic heterocycles. The van der Waals surface area contributed by atoms with Gasteiger partial charge in [-0.3, -0.25) is 4.79 Å². The fraction of sp³-hybridized carbons (Fsp3) is 0.250. The summed E-state index contributed by atoms with van der Waals surface area (Å²) in [6.07, 6.45) is 0.362. The molecule has 2 aromatic carbocycles. The first kappa shape index (κ1) is 17.5. The number of anilines is 1. The highest BCUT2D eigenvalue weighted by Gasteiger charge is 2.24. The Bertz CT molecular complexity index is 920. The van der Waals surface area contributed by atoms with Crippen molar-refractivity contribution < 1.29 is 9.32 Å². The summed E-state index contributed by atoms with van der Waals surface area (Å²) in [6.45, 7) is 2.62. The lowest BCUT2D eigenvalue weighted by molar-refractivity contribution is -0.130. The molecular weight excluding hydrogens is 364 g/mol. The maximum Gasteiger partial charge on any atom is 0.266 e. The molecule has 0 radical (unpaired) electrons. The van der Waals surface area contributed by atoms with E-state index in [0.717, 1.165) is 11.1 Å². The zero-order chi connectivity index (χ0) is 18.6. The Morgan fingerprint density at radius 3 is 2.56 bits per heavy atom. The Balaban J connectivity index is 1.35. The van der Waals surface area contributed by atoms with E-state index in [2.05, 4.69) is 10.1 Å². The summed E-state index contributed by atoms with van der Waals surface area (Å²) in [6, 6.07) is 17.1. The van der Waals surface area contributed by atoms with Gasteiger partial charge in [-0.1, -0.05) is 41.9 Å². The van der Waals surface area contributed by atoms with E-state index in [-0.39, 0.29) is 5.91 Å². The summed E-state index contributed by atoms with van der Waals surface area (Å²) < 4.78 is 5.37. The van der Waals surface area contributed by atoms with Crippen LogP contribution in [-0.2, 0) is 11.2 Å². The molecule has 0 bridgehead atoms. The molecule has 4 rings (SSSR count). The van der Waals surface area contributed by atoms with Crippen LogP contribution in [0, 0.1) is 0 Å². The van der Waals surface area contributed by atoms with E-state index >= 15 is 0 Å². The molecule has 2 heterocycles. The number of halogens is 1. The SMILES string of the molecule is O=C(Cc1cccc(Cl)c1)N1CCN(c2noc(-c3ccccc3)n2)CC1. The van der Waals surface area contributed by atoms with Crippen molar-refractivity contribution in [3.05, 3.63) is 65.2 Å². The average molecular weight is 383 g/mol. The predicted molar refractivity (Wildman–Crippen MR) is 104 cm³/mol. The van der Waals surface area contributed by atoms with Crippen LogP contribution in [0.4, 0.5) is 5.95 Å². The molecule has 1 saturated heterocycles. The number of carbonyl (C=O) groups excluding carboxylic acids is 1. The van der Waals surface area contributed by atoms with E-state index in [1.54, 1.807) is 0 Å². The van der Waals surface area contributed by atoms with Crippen LogP contribution in [0.25, 0.3) is 11.5 Å². The van der Waals surface area contributed by atoms with E-state index in [9.17, 15) is 4.79 Å². The van der Waals surface area contributed by atoms with Crippen LogP contribution in [0.5, 0.6) is 0 Å². The van der Waals surface area contributed by atoms with Gasteiger partial charge >= 0.3 is 0 Å². The zero-order valence-corrected chi connectivity index (χ0v) is 15.5. The summed E-state index contributed by atoms with van der Waals surface area (Å²) >= 11 is 5.99. The third kappa shape index (κ3) is 4.11. The summed E-state index contributed by atoms with van der Waals surface area (Å²) in [5.74, 6) is 1.18. The summed E-state index contributed by atoms with van der Waals surface area (Å²) in [5.41, 5.74) is 1.83. The van der Waals surface area contributed by atoms with Crippen molar-refractivity contribution in [2.45, 2.75) is 6.42 Å². The van der Waals surface area contributed by atoms with E-state index in [0.29, 0.717) is 49.5 Å². The number of benzene rings is 2. The van der Waals surface area contributed by atoms with Crippen molar-refractivity contribution in [2.24, 2.45) is 0 Å². The van der Waals surface area contributed by atoms with Gasteiger partial charge < -0.3 is 14.3 Å². The van der Waals surface area contributed by atoms with Crippen molar-refractivity contribution in [1.82, 2.24) is 15.0 Å². The summed E-state index contributed by atoms with van der Waals surface area (Å²) in [4.78, 5) is 20.9. The number of aromatic nitrogens is 2. The Hall–Kier alpha value is -2.86. The van der Waals surface area contributed by atoms with Gasteiger partial charge in [0.05, 0.1) is 6.42 Å². The second-order valence-corrected chi connectivity index (χ2v) is 6.88. The Kier molecular flexibility index (Phi) is 5.07. The molecule has 0 N–H and O–H groups in total. The van der Waals surface area contributed by atoms with Gasteiger partial charge in [0.1, 0.15) is 0 Å². The largest absolute Gasteiger partial charge is 0.339 e. The molecular formula is C20H19ClN4O2. The van der Waals surface area contributed by atoms with Gasteiger partial charge in [-0.05, 0) is 35.0 Å². The van der Waals surface area contributed by atoms with Gasteiger partial charge in [0.15, 0.2) is 0 Å². The predicted octanol–water partition coefficient (Wildman–Crippen LogP) is 3.28. The van der Waals surface area contributed by atoms with Crippen LogP contribution in [0.1, 0.15) is 5.56 Å². The molecule has 3 aromatic rings. The second kappa shape index (κ2) is 7.80. The van der Waals surface area contributed by atoms with Crippen LogP contribution >= 0.6 is 11.6 Å². The van der Waals surface area contributed by atoms with Crippen molar-refractivity contribution in [1.29, 1.82) is 0 Å². The highest BCUT2D eigenvalue weighted by Crippen LogP contribution is 2.21. The molecule has 0 unspecified atom stereocenters. The highest BCUT2D eigenvalue weighted by molar-refractivity contribution is 6.30. The normalized spacial score (nSPS) is 14.4. The van der Waals surface area contributed by atoms with Crippen LogP contribution in [0.3, 0.4) is 0 Å². The second-order valence-electron chi connectivity index (χ2n) is 6.44. The molecule has 0 saturated carbocycles. The minimum Gasteiger partial charge on any atom is -0.339 e. The smallest absolute Gasteiger partial charge is 0.266 e. The van der Waals surface area contributed by atoms with Gasteiger partial charge in [0, 0.05) is 36.8 Å². The van der Waals surface area contributed by atoms with Crippen molar-refractivity contribution >= 4 is 23.5 Å². The number of amides is 1. The lowest BCUT2D eigenvalue weighted by atomic mass is 10.1. The molecule has 6 nitrogen and oxygen atoms in total. The standard InChI is InChI=1S/C20H19ClN4O2/c21-17-8-4-5-15(13-17)14-18(26)24-9-11-25(12-10-24)20-22-19(27-23-20)16-6-2-1-3-7-16/h1-8,13H,9-12,14H2. The first-order valence-corrected chi connectivity index (χ1v) is 9.23. The van der Waals surface area contributed by atoms with Gasteiger partial charge in [-0.2, -0.15) is 4.98 Å². The van der Waals surface area contributed by atoms with E-state index < -0.39 is 0 Å². The maximum absolute atomic E-state index is 12.5. The van der Waals surface area contributed by atoms with Gasteiger partial charge in [0.25, 0.3) is 11.8 Å². The molecule has 0 spiro atoms. The van der Waals surface area contributed by atoms with Crippen molar-refractivity contribution in [2.75, 3.05) is 31.1 Å². The van der Waals surface area contributed by atoms with Gasteiger partial charge in [-0.25, -0.2) is 0 Å². The molecule has 27 heavy (non-hydrogen) atoms. The molecule has 138 valence electrons. The van der Waals surface area contributed by atoms with Crippen molar-refractivity contribution in [3.63, 3.8) is 0 Å². The third-order valence-electron chi connectivity index (χ3n) is 4.60. The van der Waals surface area contributed by atoms with Gasteiger partial charge in [-0.15, -0.1) is 0 Å². The van der Waals surface area contributed by atoms with Gasteiger partial charge in [0.2, 0.25) is 5.91 Å². The maximum atomic E-state index is 12.5. The van der Waals surface area contributed by atoms with E-state index in [1.807, 2.05) is 64.4 Å². The average Bonchev–Trinajstić information content (AvgIpc) is 3.19. The fourth-order valence-electron chi connectivity index (χ4n) is 3.13. The molecule has 1 aromatic heterocycles. The van der Waals surface area contributed by atoms with Crippen LogP contribution in [0.15, 0.2) is 59.1 Å². The number of rotatable bonds is 4. The Labute approximate surface area is 162 Å². The first-order valence-electron chi connectivity index (χ1n) is 8.85. The molecule has 1 amide bonds. The summed E-state index contributed by atoms with van der Waals surface area (Å²) in [5, 5.41) is 4.73. The quantitative estimate of drug-likeness (QED) is 0.693. The van der Waals surface area contributed by atoms with Crippen LogP contribution in [-0.4, -0.2) is 47.1 Å². The lowest BCUT2D eigenvalue weighted by Gasteiger charge is -2.34. The van der Waals surface area contributed by atoms with Crippen LogP contribution < -0.4 is 4.90 Å². The number of piperazine rings is 1. The summed E-state index contributed by atoms with van der Waals surface area (Å²) in [7, 11) is 0. The molecule has 7 heteroatoms. The highest BCUT2D eigenvalue weighted by atomic mass is 35.5. The molecule has 0 atom stereocenters. The zero-order valence-electron chi connectivity index (χ0n) is 14.7. The molecule has 0 aliphatic carbocycles. The van der Waals surface area contributed by atoms with Crippen molar-refractivity contribution in [3.8, 4) is 11.5 Å². The minimum absolute atomic E-state index is 0.106. The monoisotopic (exact) mass is 382 g/mol. The molecule has 1 aliphatic rings.